The van der Waals surface area contributed by atoms with Gasteiger partial charge < -0.3 is 15.4 Å². The molecule has 1 aliphatic rings. The number of aliphatic hydroxyl groups is 1. The lowest BCUT2D eigenvalue weighted by molar-refractivity contribution is 0.0914. The summed E-state index contributed by atoms with van der Waals surface area (Å²) in [6, 6.07) is -0.117. The number of rotatable bonds is 3. The van der Waals surface area contributed by atoms with E-state index in [-0.39, 0.29) is 24.1 Å². The number of aliphatic hydroxyl groups excluding tert-OH is 1. The zero-order valence-electron chi connectivity index (χ0n) is 9.73. The molecule has 1 aromatic rings. The van der Waals surface area contributed by atoms with Gasteiger partial charge in [-0.1, -0.05) is 6.42 Å². The second-order valence-corrected chi connectivity index (χ2v) is 4.44. The zero-order chi connectivity index (χ0) is 13.1. The number of H-pyrrole nitrogens is 2. The molecule has 0 aliphatic heterocycles. The second-order valence-electron chi connectivity index (χ2n) is 4.44. The van der Waals surface area contributed by atoms with Crippen LogP contribution in [-0.4, -0.2) is 33.6 Å². The summed E-state index contributed by atoms with van der Waals surface area (Å²) in [5, 5.41) is 11.9. The lowest BCUT2D eigenvalue weighted by Gasteiger charge is -2.18. The molecule has 7 nitrogen and oxygen atoms in total. The minimum Gasteiger partial charge on any atom is -0.396 e. The first-order valence-corrected chi connectivity index (χ1v) is 5.85. The fourth-order valence-corrected chi connectivity index (χ4v) is 2.27. The Hall–Kier alpha value is -1.89. The lowest BCUT2D eigenvalue weighted by Crippen LogP contribution is -2.41. The highest BCUT2D eigenvalue weighted by Crippen LogP contribution is 2.25. The molecule has 2 unspecified atom stereocenters. The van der Waals surface area contributed by atoms with E-state index in [1.54, 1.807) is 0 Å². The third-order valence-electron chi connectivity index (χ3n) is 3.27. The average molecular weight is 253 g/mol. The molecule has 4 N–H and O–H groups in total. The van der Waals surface area contributed by atoms with E-state index in [1.165, 1.54) is 0 Å². The molecule has 0 radical (unpaired) electrons. The van der Waals surface area contributed by atoms with Crippen LogP contribution in [0.25, 0.3) is 0 Å². The van der Waals surface area contributed by atoms with Gasteiger partial charge in [-0.25, -0.2) is 4.79 Å². The van der Waals surface area contributed by atoms with Gasteiger partial charge in [0.1, 0.15) is 5.56 Å². The minimum atomic E-state index is -0.713. The highest BCUT2D eigenvalue weighted by molar-refractivity contribution is 5.93. The van der Waals surface area contributed by atoms with Gasteiger partial charge in [0.2, 0.25) is 0 Å². The molecular formula is C11H15N3O4. The van der Waals surface area contributed by atoms with Crippen molar-refractivity contribution in [3.05, 3.63) is 32.6 Å². The van der Waals surface area contributed by atoms with Crippen molar-refractivity contribution in [1.82, 2.24) is 15.3 Å². The molecule has 0 aromatic carbocycles. The molecule has 1 heterocycles. The fourth-order valence-electron chi connectivity index (χ4n) is 2.27. The second kappa shape index (κ2) is 5.18. The zero-order valence-corrected chi connectivity index (χ0v) is 9.73. The van der Waals surface area contributed by atoms with Crippen molar-refractivity contribution in [3.63, 3.8) is 0 Å². The Morgan fingerprint density at radius 1 is 1.44 bits per heavy atom. The Balaban J connectivity index is 2.12. The van der Waals surface area contributed by atoms with E-state index < -0.39 is 17.2 Å². The van der Waals surface area contributed by atoms with Gasteiger partial charge in [0, 0.05) is 24.8 Å². The van der Waals surface area contributed by atoms with Crippen molar-refractivity contribution < 1.29 is 9.90 Å². The van der Waals surface area contributed by atoms with Crippen molar-refractivity contribution in [2.45, 2.75) is 25.3 Å². The molecular weight excluding hydrogens is 238 g/mol. The number of aromatic nitrogens is 2. The summed E-state index contributed by atoms with van der Waals surface area (Å²) in [6.07, 6.45) is 3.69. The Morgan fingerprint density at radius 2 is 2.22 bits per heavy atom. The van der Waals surface area contributed by atoms with Crippen LogP contribution in [0, 0.1) is 5.92 Å². The van der Waals surface area contributed by atoms with Gasteiger partial charge in [0.05, 0.1) is 0 Å². The van der Waals surface area contributed by atoms with Crippen LogP contribution in [0.4, 0.5) is 0 Å². The minimum absolute atomic E-state index is 0.0208. The van der Waals surface area contributed by atoms with Gasteiger partial charge in [-0.3, -0.25) is 14.6 Å². The van der Waals surface area contributed by atoms with E-state index >= 15 is 0 Å². The van der Waals surface area contributed by atoms with Gasteiger partial charge in [0.25, 0.3) is 11.5 Å². The Bertz CT molecular complexity index is 548. The van der Waals surface area contributed by atoms with Crippen molar-refractivity contribution in [2.75, 3.05) is 6.61 Å². The normalized spacial score (nSPS) is 22.9. The van der Waals surface area contributed by atoms with Crippen LogP contribution in [0.1, 0.15) is 29.6 Å². The monoisotopic (exact) mass is 253 g/mol. The van der Waals surface area contributed by atoms with Crippen LogP contribution in [0.5, 0.6) is 0 Å². The third-order valence-corrected chi connectivity index (χ3v) is 3.27. The van der Waals surface area contributed by atoms with Gasteiger partial charge in [-0.15, -0.1) is 0 Å². The standard InChI is InChI=1S/C11H15N3O4/c15-5-6-2-1-3-8(6)13-9(16)7-4-12-11(18)14-10(7)17/h4,6,8,15H,1-3,5H2,(H,13,16)(H2,12,14,17,18). The van der Waals surface area contributed by atoms with Crippen LogP contribution in [0.2, 0.25) is 0 Å². The summed E-state index contributed by atoms with van der Waals surface area (Å²) in [4.78, 5) is 38.4. The first kappa shape index (κ1) is 12.6. The van der Waals surface area contributed by atoms with Crippen molar-refractivity contribution in [2.24, 2.45) is 5.92 Å². The molecule has 0 bridgehead atoms. The predicted octanol–water partition coefficient (Wildman–Crippen LogP) is -1.05. The van der Waals surface area contributed by atoms with Gasteiger partial charge in [0.15, 0.2) is 0 Å². The maximum Gasteiger partial charge on any atom is 0.325 e. The summed E-state index contributed by atoms with van der Waals surface area (Å²) in [6.45, 7) is 0.0208. The summed E-state index contributed by atoms with van der Waals surface area (Å²) in [7, 11) is 0. The molecule has 1 aromatic heterocycles. The molecule has 98 valence electrons. The van der Waals surface area contributed by atoms with Crippen LogP contribution in [0.3, 0.4) is 0 Å². The number of carbonyl (C=O) groups is 1. The summed E-state index contributed by atoms with van der Waals surface area (Å²) >= 11 is 0. The first-order valence-electron chi connectivity index (χ1n) is 5.85. The maximum absolute atomic E-state index is 11.9. The topological polar surface area (TPSA) is 115 Å². The summed E-state index contributed by atoms with van der Waals surface area (Å²) in [5.74, 6) is -0.492. The quantitative estimate of drug-likeness (QED) is 0.550. The van der Waals surface area contributed by atoms with Crippen molar-refractivity contribution >= 4 is 5.91 Å². The number of hydrogen-bond acceptors (Lipinski definition) is 4. The largest absolute Gasteiger partial charge is 0.396 e. The van der Waals surface area contributed by atoms with E-state index in [1.807, 2.05) is 4.98 Å². The van der Waals surface area contributed by atoms with E-state index in [9.17, 15) is 14.4 Å². The Morgan fingerprint density at radius 3 is 2.89 bits per heavy atom. The third kappa shape index (κ3) is 2.51. The van der Waals surface area contributed by atoms with Crippen LogP contribution >= 0.6 is 0 Å². The highest BCUT2D eigenvalue weighted by atomic mass is 16.3. The summed E-state index contributed by atoms with van der Waals surface area (Å²) in [5.41, 5.74) is -1.49. The van der Waals surface area contributed by atoms with Gasteiger partial charge >= 0.3 is 5.69 Å². The van der Waals surface area contributed by atoms with Crippen molar-refractivity contribution in [1.29, 1.82) is 0 Å². The van der Waals surface area contributed by atoms with Crippen LogP contribution < -0.4 is 16.6 Å². The van der Waals surface area contributed by atoms with Gasteiger partial charge in [-0.05, 0) is 12.8 Å². The number of amides is 1. The number of aromatic amines is 2. The number of carbonyl (C=O) groups excluding carboxylic acids is 1. The molecule has 0 saturated heterocycles. The van der Waals surface area contributed by atoms with E-state index in [0.717, 1.165) is 25.5 Å². The van der Waals surface area contributed by atoms with E-state index in [4.69, 9.17) is 5.11 Å². The maximum atomic E-state index is 11.9. The Kier molecular flexibility index (Phi) is 3.61. The SMILES string of the molecule is O=C(NC1CCCC1CO)c1c[nH]c(=O)[nH]c1=O. The highest BCUT2D eigenvalue weighted by Gasteiger charge is 2.28. The molecule has 18 heavy (non-hydrogen) atoms. The molecule has 7 heteroatoms. The molecule has 1 aliphatic carbocycles. The van der Waals surface area contributed by atoms with Gasteiger partial charge in [-0.2, -0.15) is 0 Å². The number of hydrogen-bond donors (Lipinski definition) is 4. The lowest BCUT2D eigenvalue weighted by atomic mass is 10.0. The van der Waals surface area contributed by atoms with Crippen LogP contribution in [0.15, 0.2) is 15.8 Å². The van der Waals surface area contributed by atoms with E-state index in [0.29, 0.717) is 0 Å². The summed E-state index contributed by atoms with van der Waals surface area (Å²) < 4.78 is 0. The molecule has 1 fully saturated rings. The fraction of sp³-hybridized carbons (Fsp3) is 0.545. The van der Waals surface area contributed by atoms with Crippen molar-refractivity contribution in [3.8, 4) is 0 Å². The van der Waals surface area contributed by atoms with E-state index in [2.05, 4.69) is 10.3 Å². The smallest absolute Gasteiger partial charge is 0.325 e. The molecule has 2 rings (SSSR count). The molecule has 0 spiro atoms. The molecule has 1 amide bonds. The predicted molar refractivity (Wildman–Crippen MR) is 63.4 cm³/mol. The molecule has 2 atom stereocenters. The van der Waals surface area contributed by atoms with Crippen LogP contribution in [-0.2, 0) is 0 Å². The Labute approximate surface area is 102 Å². The number of nitrogens with one attached hydrogen (secondary N) is 3. The first-order chi connectivity index (χ1) is 8.61. The molecule has 1 saturated carbocycles. The average Bonchev–Trinajstić information content (AvgIpc) is 2.76.